The number of phosphoric ester groups is 1. The summed E-state index contributed by atoms with van der Waals surface area (Å²) in [6, 6.07) is 8.91. The van der Waals surface area contributed by atoms with Crippen LogP contribution in [0.4, 0.5) is 0 Å². The Balaban J connectivity index is 2.10. The fourth-order valence-electron chi connectivity index (χ4n) is 4.15. The topological polar surface area (TPSA) is 98.0 Å². The van der Waals surface area contributed by atoms with Crippen LogP contribution in [0.1, 0.15) is 115 Å². The molecule has 1 rings (SSSR count). The van der Waals surface area contributed by atoms with Gasteiger partial charge in [0.25, 0.3) is 0 Å². The van der Waals surface area contributed by atoms with E-state index in [1.165, 1.54) is 89.9 Å². The van der Waals surface area contributed by atoms with E-state index in [0.717, 1.165) is 20.0 Å². The maximum absolute atomic E-state index is 11.7. The van der Waals surface area contributed by atoms with E-state index in [9.17, 15) is 14.7 Å². The SMILES string of the molecule is CCCCCCCCCCCCCCCCCCOC[C@H](COP(=O)(O)OC)Oc1ccccc1C#N. The van der Waals surface area contributed by atoms with Crippen LogP contribution < -0.4 is 4.74 Å². The van der Waals surface area contributed by atoms with Gasteiger partial charge >= 0.3 is 7.82 Å². The number of ether oxygens (including phenoxy) is 2. The molecule has 8 heteroatoms. The number of phosphoric acid groups is 1. The molecule has 2 atom stereocenters. The van der Waals surface area contributed by atoms with Crippen molar-refractivity contribution in [1.29, 1.82) is 5.26 Å². The number of nitrogens with zero attached hydrogens (tertiary/aromatic N) is 1. The first kappa shape index (κ1) is 33.6. The molecule has 0 aromatic heterocycles. The highest BCUT2D eigenvalue weighted by molar-refractivity contribution is 7.47. The summed E-state index contributed by atoms with van der Waals surface area (Å²) in [6.45, 7) is 2.84. The molecule has 1 aromatic carbocycles. The van der Waals surface area contributed by atoms with Crippen LogP contribution in [0, 0.1) is 11.3 Å². The van der Waals surface area contributed by atoms with Crippen molar-refractivity contribution < 1.29 is 28.0 Å². The molecule has 1 unspecified atom stereocenters. The number of nitriles is 1. The van der Waals surface area contributed by atoms with Gasteiger partial charge in [-0.05, 0) is 18.6 Å². The van der Waals surface area contributed by atoms with Gasteiger partial charge in [0.15, 0.2) is 0 Å². The van der Waals surface area contributed by atoms with Gasteiger partial charge in [-0.1, -0.05) is 115 Å². The lowest BCUT2D eigenvalue weighted by atomic mass is 10.0. The second-order valence-electron chi connectivity index (χ2n) is 9.67. The molecule has 0 bridgehead atoms. The Morgan fingerprint density at radius 1 is 0.838 bits per heavy atom. The van der Waals surface area contributed by atoms with Crippen molar-refractivity contribution in [2.24, 2.45) is 0 Å². The monoisotopic (exact) mass is 539 g/mol. The summed E-state index contributed by atoms with van der Waals surface area (Å²) in [6.07, 6.45) is 20.5. The summed E-state index contributed by atoms with van der Waals surface area (Å²) in [5, 5.41) is 9.27. The van der Waals surface area contributed by atoms with Crippen LogP contribution in [0.3, 0.4) is 0 Å². The molecular weight excluding hydrogens is 489 g/mol. The largest absolute Gasteiger partial charge is 0.484 e. The average Bonchev–Trinajstić information content (AvgIpc) is 2.91. The van der Waals surface area contributed by atoms with Gasteiger partial charge in [0.2, 0.25) is 0 Å². The van der Waals surface area contributed by atoms with Crippen LogP contribution in [0.5, 0.6) is 5.75 Å². The third-order valence-electron chi connectivity index (χ3n) is 6.40. The third kappa shape index (κ3) is 18.5. The fourth-order valence-corrected chi connectivity index (χ4v) is 4.61. The smallest absolute Gasteiger partial charge is 0.472 e. The number of hydrogen-bond acceptors (Lipinski definition) is 6. The molecule has 0 saturated heterocycles. The van der Waals surface area contributed by atoms with E-state index in [2.05, 4.69) is 17.5 Å². The second kappa shape index (κ2) is 22.6. The van der Waals surface area contributed by atoms with Gasteiger partial charge in [-0.15, -0.1) is 0 Å². The number of hydrogen-bond donors (Lipinski definition) is 1. The second-order valence-corrected chi connectivity index (χ2v) is 11.2. The van der Waals surface area contributed by atoms with Gasteiger partial charge in [-0.25, -0.2) is 4.57 Å². The number of benzene rings is 1. The van der Waals surface area contributed by atoms with Gasteiger partial charge in [-0.2, -0.15) is 5.26 Å². The Bertz CT molecular complexity index is 769. The molecule has 212 valence electrons. The van der Waals surface area contributed by atoms with E-state index in [1.807, 2.05) is 0 Å². The van der Waals surface area contributed by atoms with Gasteiger partial charge in [0.05, 0.1) is 18.8 Å². The van der Waals surface area contributed by atoms with E-state index in [-0.39, 0.29) is 13.2 Å². The van der Waals surface area contributed by atoms with Gasteiger partial charge < -0.3 is 14.4 Å². The molecular formula is C29H50NO6P. The average molecular weight is 540 g/mol. The minimum atomic E-state index is -4.13. The van der Waals surface area contributed by atoms with Crippen molar-refractivity contribution >= 4 is 7.82 Å². The lowest BCUT2D eigenvalue weighted by Crippen LogP contribution is -2.29. The van der Waals surface area contributed by atoms with Gasteiger partial charge in [0, 0.05) is 13.7 Å². The summed E-state index contributed by atoms with van der Waals surface area (Å²) in [5.41, 5.74) is 0.379. The van der Waals surface area contributed by atoms with Crippen molar-refractivity contribution in [1.82, 2.24) is 0 Å². The van der Waals surface area contributed by atoms with Crippen LogP contribution in [0.2, 0.25) is 0 Å². The number of rotatable bonds is 25. The molecule has 0 fully saturated rings. The molecule has 0 heterocycles. The molecule has 1 aromatic rings. The lowest BCUT2D eigenvalue weighted by molar-refractivity contribution is 0.0164. The van der Waals surface area contributed by atoms with Crippen molar-refractivity contribution in [3.63, 3.8) is 0 Å². The number of unbranched alkanes of at least 4 members (excludes halogenated alkanes) is 15. The van der Waals surface area contributed by atoms with Crippen molar-refractivity contribution in [2.45, 2.75) is 116 Å². The van der Waals surface area contributed by atoms with Gasteiger partial charge in [0.1, 0.15) is 17.9 Å². The molecule has 0 aliphatic carbocycles. The molecule has 0 saturated carbocycles. The summed E-state index contributed by atoms with van der Waals surface area (Å²) in [5.74, 6) is 0.384. The van der Waals surface area contributed by atoms with Crippen LogP contribution >= 0.6 is 7.82 Å². The Morgan fingerprint density at radius 3 is 1.86 bits per heavy atom. The fraction of sp³-hybridized carbons (Fsp3) is 0.759. The van der Waals surface area contributed by atoms with Crippen LogP contribution in [0.25, 0.3) is 0 Å². The zero-order valence-corrected chi connectivity index (χ0v) is 24.1. The van der Waals surface area contributed by atoms with E-state index in [4.69, 9.17) is 14.0 Å². The van der Waals surface area contributed by atoms with Crippen LogP contribution in [0.15, 0.2) is 24.3 Å². The zero-order chi connectivity index (χ0) is 27.0. The Labute approximate surface area is 225 Å². The maximum Gasteiger partial charge on any atom is 0.472 e. The van der Waals surface area contributed by atoms with E-state index < -0.39 is 13.9 Å². The first-order valence-corrected chi connectivity index (χ1v) is 15.8. The molecule has 0 aliphatic heterocycles. The molecule has 37 heavy (non-hydrogen) atoms. The highest BCUT2D eigenvalue weighted by Crippen LogP contribution is 2.42. The minimum absolute atomic E-state index is 0.183. The molecule has 1 N–H and O–H groups in total. The zero-order valence-electron chi connectivity index (χ0n) is 23.2. The summed E-state index contributed by atoms with van der Waals surface area (Å²) >= 11 is 0. The van der Waals surface area contributed by atoms with Crippen molar-refractivity contribution in [2.75, 3.05) is 26.9 Å². The standard InChI is InChI=1S/C29H50NO6P/c1-3-4-5-6-7-8-9-10-11-12-13-14-15-16-17-20-23-34-25-28(26-35-37(31,32)33-2)36-29-22-19-18-21-27(29)24-30/h18-19,21-22,28H,3-17,20,23,25-26H2,1-2H3,(H,31,32)/t28-/m1/s1. The third-order valence-corrected chi connectivity index (χ3v) is 7.34. The first-order valence-electron chi connectivity index (χ1n) is 14.3. The Kier molecular flexibility index (Phi) is 20.5. The van der Waals surface area contributed by atoms with Crippen molar-refractivity contribution in [3.05, 3.63) is 29.8 Å². The lowest BCUT2D eigenvalue weighted by Gasteiger charge is -2.21. The molecule has 0 spiro atoms. The normalized spacial score (nSPS) is 13.7. The van der Waals surface area contributed by atoms with Crippen LogP contribution in [-0.4, -0.2) is 37.9 Å². The van der Waals surface area contributed by atoms with E-state index in [1.54, 1.807) is 24.3 Å². The first-order chi connectivity index (χ1) is 18.0. The van der Waals surface area contributed by atoms with E-state index >= 15 is 0 Å². The quantitative estimate of drug-likeness (QED) is 0.0984. The van der Waals surface area contributed by atoms with Gasteiger partial charge in [-0.3, -0.25) is 9.05 Å². The Hall–Kier alpha value is -1.42. The van der Waals surface area contributed by atoms with Crippen molar-refractivity contribution in [3.8, 4) is 11.8 Å². The maximum atomic E-state index is 11.7. The summed E-state index contributed by atoms with van der Waals surface area (Å²) in [4.78, 5) is 9.53. The van der Waals surface area contributed by atoms with E-state index in [0.29, 0.717) is 17.9 Å². The molecule has 0 aliphatic rings. The highest BCUT2D eigenvalue weighted by atomic mass is 31.2. The summed E-state index contributed by atoms with van der Waals surface area (Å²) < 4.78 is 32.7. The Morgan fingerprint density at radius 2 is 1.35 bits per heavy atom. The minimum Gasteiger partial charge on any atom is -0.484 e. The summed E-state index contributed by atoms with van der Waals surface area (Å²) in [7, 11) is -3.02. The van der Waals surface area contributed by atoms with Crippen LogP contribution in [-0.2, 0) is 18.3 Å². The highest BCUT2D eigenvalue weighted by Gasteiger charge is 2.23. The molecule has 0 amide bonds. The number of para-hydroxylation sites is 1. The predicted octanol–water partition coefficient (Wildman–Crippen LogP) is 8.35. The molecule has 7 nitrogen and oxygen atoms in total. The predicted molar refractivity (Wildman–Crippen MR) is 149 cm³/mol. The molecule has 0 radical (unpaired) electrons.